The van der Waals surface area contributed by atoms with Crippen LogP contribution in [0.25, 0.3) is 11.1 Å². The number of amides is 1. The number of nitrogens with one attached hydrogen (secondary N) is 2. The smallest absolute Gasteiger partial charge is 0.234 e. The summed E-state index contributed by atoms with van der Waals surface area (Å²) >= 11 is 0. The van der Waals surface area contributed by atoms with Gasteiger partial charge in [-0.15, -0.1) is 0 Å². The lowest BCUT2D eigenvalue weighted by atomic mass is 10.1. The molecule has 3 rings (SSSR count). The van der Waals surface area contributed by atoms with E-state index in [1.165, 1.54) is 0 Å². The van der Waals surface area contributed by atoms with Gasteiger partial charge in [-0.05, 0) is 31.0 Å². The van der Waals surface area contributed by atoms with Crippen molar-refractivity contribution in [3.05, 3.63) is 36.2 Å². The Labute approximate surface area is 147 Å². The molecule has 1 fully saturated rings. The molecule has 0 unspecified atom stereocenters. The van der Waals surface area contributed by atoms with Crippen LogP contribution in [0.5, 0.6) is 5.75 Å². The summed E-state index contributed by atoms with van der Waals surface area (Å²) in [6.07, 6.45) is 2.23. The van der Waals surface area contributed by atoms with E-state index in [4.69, 9.17) is 4.74 Å². The van der Waals surface area contributed by atoms with Gasteiger partial charge in [0.15, 0.2) is 0 Å². The summed E-state index contributed by atoms with van der Waals surface area (Å²) in [6, 6.07) is 7.81. The van der Waals surface area contributed by atoms with Crippen molar-refractivity contribution in [2.45, 2.75) is 19.4 Å². The summed E-state index contributed by atoms with van der Waals surface area (Å²) in [7, 11) is 0. The lowest BCUT2D eigenvalue weighted by Gasteiger charge is -2.14. The Kier molecular flexibility index (Phi) is 5.67. The average Bonchev–Trinajstić information content (AvgIpc) is 3.20. The Bertz CT molecular complexity index is 716. The molecular weight excluding hydrogens is 320 g/mol. The highest BCUT2D eigenvalue weighted by atomic mass is 16.5. The highest BCUT2D eigenvalue weighted by Crippen LogP contribution is 2.25. The van der Waals surface area contributed by atoms with Crippen LogP contribution >= 0.6 is 0 Å². The molecule has 25 heavy (non-hydrogen) atoms. The number of aryl methyl sites for hydroxylation is 1. The van der Waals surface area contributed by atoms with Crippen molar-refractivity contribution in [1.82, 2.24) is 20.4 Å². The zero-order chi connectivity index (χ0) is 17.6. The number of aromatic nitrogens is 2. The number of benzene rings is 1. The number of carbonyl (C=O) groups excluding carboxylic acids is 1. The minimum atomic E-state index is -0.303. The van der Waals surface area contributed by atoms with Crippen molar-refractivity contribution >= 4 is 5.91 Å². The zero-order valence-electron chi connectivity index (χ0n) is 14.4. The van der Waals surface area contributed by atoms with Crippen LogP contribution in [0.4, 0.5) is 0 Å². The molecule has 1 aromatic heterocycles. The van der Waals surface area contributed by atoms with Crippen LogP contribution in [-0.4, -0.2) is 65.0 Å². The molecule has 1 amide bonds. The molecule has 7 heteroatoms. The van der Waals surface area contributed by atoms with E-state index in [1.54, 1.807) is 6.20 Å². The molecule has 0 radical (unpaired) electrons. The van der Waals surface area contributed by atoms with Crippen LogP contribution in [0.15, 0.2) is 30.5 Å². The number of hydrogen-bond acceptors (Lipinski definition) is 5. The van der Waals surface area contributed by atoms with Gasteiger partial charge in [0, 0.05) is 24.3 Å². The van der Waals surface area contributed by atoms with Crippen molar-refractivity contribution in [3.63, 3.8) is 0 Å². The fraction of sp³-hybridized carbons (Fsp3) is 0.444. The van der Waals surface area contributed by atoms with Crippen LogP contribution < -0.4 is 10.1 Å². The maximum absolute atomic E-state index is 11.9. The highest BCUT2D eigenvalue weighted by Gasteiger charge is 2.21. The highest BCUT2D eigenvalue weighted by molar-refractivity contribution is 5.78. The van der Waals surface area contributed by atoms with Gasteiger partial charge in [0.2, 0.25) is 5.91 Å². The minimum absolute atomic E-state index is 0.0412. The van der Waals surface area contributed by atoms with E-state index in [1.807, 2.05) is 36.1 Å². The predicted molar refractivity (Wildman–Crippen MR) is 94.3 cm³/mol. The Balaban J connectivity index is 1.42. The second-order valence-corrected chi connectivity index (χ2v) is 6.31. The van der Waals surface area contributed by atoms with Gasteiger partial charge in [-0.3, -0.25) is 14.8 Å². The van der Waals surface area contributed by atoms with E-state index in [0.29, 0.717) is 26.2 Å². The molecule has 1 aromatic carbocycles. The normalized spacial score (nSPS) is 17.6. The third-order valence-electron chi connectivity index (χ3n) is 4.28. The van der Waals surface area contributed by atoms with Crippen molar-refractivity contribution in [2.75, 3.05) is 32.8 Å². The number of rotatable bonds is 7. The number of likely N-dealkylation sites (tertiary alicyclic amines) is 1. The maximum atomic E-state index is 11.9. The maximum Gasteiger partial charge on any atom is 0.234 e. The molecule has 1 aliphatic heterocycles. The number of ether oxygens (including phenoxy) is 1. The number of aliphatic hydroxyl groups excluding tert-OH is 1. The summed E-state index contributed by atoms with van der Waals surface area (Å²) in [5.41, 5.74) is 3.10. The Morgan fingerprint density at radius 1 is 1.52 bits per heavy atom. The summed E-state index contributed by atoms with van der Waals surface area (Å²) in [6.45, 7) is 4.50. The number of aliphatic hydroxyl groups is 1. The summed E-state index contributed by atoms with van der Waals surface area (Å²) < 4.78 is 5.72. The first-order chi connectivity index (χ1) is 12.1. The van der Waals surface area contributed by atoms with E-state index < -0.39 is 0 Å². The van der Waals surface area contributed by atoms with Gasteiger partial charge in [-0.2, -0.15) is 5.10 Å². The third-order valence-corrected chi connectivity index (χ3v) is 4.28. The number of aromatic amines is 1. The van der Waals surface area contributed by atoms with Gasteiger partial charge in [-0.25, -0.2) is 0 Å². The number of H-pyrrole nitrogens is 1. The van der Waals surface area contributed by atoms with E-state index >= 15 is 0 Å². The molecule has 0 aliphatic carbocycles. The van der Waals surface area contributed by atoms with E-state index in [2.05, 4.69) is 15.5 Å². The second-order valence-electron chi connectivity index (χ2n) is 6.31. The fourth-order valence-electron chi connectivity index (χ4n) is 2.97. The molecule has 134 valence electrons. The fourth-order valence-corrected chi connectivity index (χ4v) is 2.97. The molecule has 2 aromatic rings. The van der Waals surface area contributed by atoms with Crippen LogP contribution in [0.2, 0.25) is 0 Å². The average molecular weight is 344 g/mol. The monoisotopic (exact) mass is 344 g/mol. The van der Waals surface area contributed by atoms with Crippen molar-refractivity contribution in [2.24, 2.45) is 0 Å². The molecule has 7 nitrogen and oxygen atoms in total. The number of nitrogens with zero attached hydrogens (tertiary/aromatic N) is 2. The molecule has 2 heterocycles. The zero-order valence-corrected chi connectivity index (χ0v) is 14.4. The predicted octanol–water partition coefficient (Wildman–Crippen LogP) is 0.947. The molecule has 0 spiro atoms. The Morgan fingerprint density at radius 2 is 2.40 bits per heavy atom. The Morgan fingerprint density at radius 3 is 3.12 bits per heavy atom. The van der Waals surface area contributed by atoms with Crippen molar-refractivity contribution in [1.29, 1.82) is 0 Å². The van der Waals surface area contributed by atoms with Crippen molar-refractivity contribution in [3.8, 4) is 16.9 Å². The largest absolute Gasteiger partial charge is 0.492 e. The molecule has 1 saturated heterocycles. The van der Waals surface area contributed by atoms with E-state index in [-0.39, 0.29) is 12.0 Å². The van der Waals surface area contributed by atoms with E-state index in [0.717, 1.165) is 35.5 Å². The standard InChI is InChI=1S/C18H24N4O3/c1-13-17(10-20-21-13)14-3-2-4-16(9-14)25-8-6-19-18(24)12-22-7-5-15(23)11-22/h2-4,9-10,15,23H,5-8,11-12H2,1H3,(H,19,24)(H,20,21)/t15-/m1/s1. The van der Waals surface area contributed by atoms with Crippen LogP contribution in [0.3, 0.4) is 0 Å². The molecule has 3 N–H and O–H groups in total. The SMILES string of the molecule is Cc1[nH]ncc1-c1cccc(OCCNC(=O)CN2CC[C@@H](O)C2)c1. The number of carbonyl (C=O) groups is 1. The van der Waals surface area contributed by atoms with Gasteiger partial charge in [-0.1, -0.05) is 12.1 Å². The molecular formula is C18H24N4O3. The van der Waals surface area contributed by atoms with Crippen LogP contribution in [-0.2, 0) is 4.79 Å². The first kappa shape index (κ1) is 17.4. The van der Waals surface area contributed by atoms with Gasteiger partial charge in [0.1, 0.15) is 12.4 Å². The lowest BCUT2D eigenvalue weighted by Crippen LogP contribution is -2.38. The third kappa shape index (κ3) is 4.80. The molecule has 1 atom stereocenters. The number of β-amino-alcohol motifs (C(OH)–C–C–N with tert-alkyl or cyclic N) is 1. The first-order valence-electron chi connectivity index (χ1n) is 8.52. The number of hydrogen-bond donors (Lipinski definition) is 3. The van der Waals surface area contributed by atoms with Crippen LogP contribution in [0, 0.1) is 6.92 Å². The first-order valence-corrected chi connectivity index (χ1v) is 8.52. The summed E-state index contributed by atoms with van der Waals surface area (Å²) in [4.78, 5) is 13.8. The van der Waals surface area contributed by atoms with Gasteiger partial charge >= 0.3 is 0 Å². The quantitative estimate of drug-likeness (QED) is 0.651. The summed E-state index contributed by atoms with van der Waals surface area (Å²) in [5, 5.41) is 19.3. The topological polar surface area (TPSA) is 90.5 Å². The lowest BCUT2D eigenvalue weighted by molar-refractivity contribution is -0.122. The minimum Gasteiger partial charge on any atom is -0.492 e. The summed E-state index contributed by atoms with van der Waals surface area (Å²) in [5.74, 6) is 0.718. The van der Waals surface area contributed by atoms with Gasteiger partial charge in [0.25, 0.3) is 0 Å². The molecule has 1 aliphatic rings. The Hall–Kier alpha value is -2.38. The van der Waals surface area contributed by atoms with Gasteiger partial charge in [0.05, 0.1) is 25.4 Å². The van der Waals surface area contributed by atoms with Crippen molar-refractivity contribution < 1.29 is 14.6 Å². The van der Waals surface area contributed by atoms with Gasteiger partial charge < -0.3 is 15.2 Å². The second kappa shape index (κ2) is 8.13. The molecule has 0 saturated carbocycles. The van der Waals surface area contributed by atoms with Crippen LogP contribution in [0.1, 0.15) is 12.1 Å². The van der Waals surface area contributed by atoms with E-state index in [9.17, 15) is 9.90 Å². The molecule has 0 bridgehead atoms.